The molecule has 0 aromatic heterocycles. The third-order valence-corrected chi connectivity index (χ3v) is 6.97. The number of unbranched alkanes of at least 4 members (excludes halogenated alkanes) is 1. The molecule has 0 fully saturated rings. The predicted molar refractivity (Wildman–Crippen MR) is 147 cm³/mol. The summed E-state index contributed by atoms with van der Waals surface area (Å²) in [4.78, 5) is 41.3. The van der Waals surface area contributed by atoms with Crippen molar-refractivity contribution >= 4 is 23.5 Å². The first-order chi connectivity index (χ1) is 17.3. The number of aliphatic hydroxyl groups is 1. The van der Waals surface area contributed by atoms with Crippen LogP contribution in [0.15, 0.2) is 24.3 Å². The van der Waals surface area contributed by atoms with Gasteiger partial charge in [0, 0.05) is 51.3 Å². The largest absolute Gasteiger partial charge is 0.391 e. The first kappa shape index (κ1) is 30.6. The molecule has 1 aromatic carbocycles. The summed E-state index contributed by atoms with van der Waals surface area (Å²) in [5, 5.41) is 16.6. The van der Waals surface area contributed by atoms with Gasteiger partial charge in [0.15, 0.2) is 0 Å². The second-order valence-corrected chi connectivity index (χ2v) is 11.4. The van der Waals surface area contributed by atoms with E-state index in [1.807, 2.05) is 38.1 Å². The molecule has 2 rings (SSSR count). The van der Waals surface area contributed by atoms with Gasteiger partial charge < -0.3 is 31.3 Å². The molecule has 0 aliphatic carbocycles. The van der Waals surface area contributed by atoms with E-state index in [0.717, 1.165) is 24.1 Å². The molecule has 5 N–H and O–H groups in total. The zero-order chi connectivity index (χ0) is 27.8. The Hall–Kier alpha value is -2.65. The van der Waals surface area contributed by atoms with Crippen LogP contribution in [0.5, 0.6) is 0 Å². The quantitative estimate of drug-likeness (QED) is 0.317. The van der Waals surface area contributed by atoms with Crippen LogP contribution < -0.4 is 21.3 Å². The monoisotopic (exact) mass is 517 g/mol. The Morgan fingerprint density at radius 1 is 1.24 bits per heavy atom. The standard InChI is InChI=1S/C28H47N5O4/c1-7-8-13-30-26(36)19(2)14-24(34)22(29)16-28(3,4)17-25(35)33-18-21(31-27(37)32(5)6)15-20-11-9-10-12-23(20)33/h9-12,19,21-22,24,34H,7-8,13-18,29H2,1-6H3,(H,30,36)(H,31,37)/t19-,21?,22+,24+/m1/s1. The van der Waals surface area contributed by atoms with Gasteiger partial charge in [0.25, 0.3) is 0 Å². The van der Waals surface area contributed by atoms with Crippen molar-refractivity contribution in [1.29, 1.82) is 0 Å². The number of rotatable bonds is 12. The topological polar surface area (TPSA) is 128 Å². The maximum absolute atomic E-state index is 13.5. The average Bonchev–Trinajstić information content (AvgIpc) is 2.82. The Bertz CT molecular complexity index is 920. The Morgan fingerprint density at radius 2 is 1.92 bits per heavy atom. The normalized spacial score (nSPS) is 17.8. The van der Waals surface area contributed by atoms with E-state index in [2.05, 4.69) is 17.6 Å². The molecule has 0 saturated heterocycles. The fourth-order valence-electron chi connectivity index (χ4n) is 4.79. The van der Waals surface area contributed by atoms with Gasteiger partial charge >= 0.3 is 6.03 Å². The molecular weight excluding hydrogens is 470 g/mol. The fourth-order valence-corrected chi connectivity index (χ4v) is 4.79. The van der Waals surface area contributed by atoms with Crippen molar-refractivity contribution in [2.45, 2.75) is 84.4 Å². The summed E-state index contributed by atoms with van der Waals surface area (Å²) >= 11 is 0. The van der Waals surface area contributed by atoms with Crippen LogP contribution in [-0.4, -0.2) is 73.2 Å². The van der Waals surface area contributed by atoms with Gasteiger partial charge in [-0.05, 0) is 42.7 Å². The average molecular weight is 518 g/mol. The number of carbonyl (C=O) groups is 3. The van der Waals surface area contributed by atoms with E-state index in [1.54, 1.807) is 25.9 Å². The van der Waals surface area contributed by atoms with Gasteiger partial charge in [-0.2, -0.15) is 0 Å². The Balaban J connectivity index is 2.01. The van der Waals surface area contributed by atoms with Gasteiger partial charge in [-0.3, -0.25) is 9.59 Å². The second-order valence-electron chi connectivity index (χ2n) is 11.4. The van der Waals surface area contributed by atoms with Crippen LogP contribution in [0, 0.1) is 11.3 Å². The zero-order valence-electron chi connectivity index (χ0n) is 23.4. The molecule has 4 atom stereocenters. The van der Waals surface area contributed by atoms with Crippen molar-refractivity contribution in [2.75, 3.05) is 32.1 Å². The molecule has 1 unspecified atom stereocenters. The molecule has 0 saturated carbocycles. The predicted octanol–water partition coefficient (Wildman–Crippen LogP) is 2.65. The maximum atomic E-state index is 13.5. The van der Waals surface area contributed by atoms with Crippen LogP contribution in [-0.2, 0) is 16.0 Å². The number of para-hydroxylation sites is 1. The lowest BCUT2D eigenvalue weighted by atomic mass is 9.79. The number of benzene rings is 1. The number of fused-ring (bicyclic) bond motifs is 1. The van der Waals surface area contributed by atoms with Gasteiger partial charge in [-0.1, -0.05) is 52.3 Å². The zero-order valence-corrected chi connectivity index (χ0v) is 23.4. The van der Waals surface area contributed by atoms with Crippen molar-refractivity contribution in [3.05, 3.63) is 29.8 Å². The van der Waals surface area contributed by atoms with Crippen molar-refractivity contribution < 1.29 is 19.5 Å². The van der Waals surface area contributed by atoms with E-state index in [4.69, 9.17) is 5.73 Å². The summed E-state index contributed by atoms with van der Waals surface area (Å²) < 4.78 is 0. The molecular formula is C28H47N5O4. The van der Waals surface area contributed by atoms with Crippen LogP contribution in [0.4, 0.5) is 10.5 Å². The first-order valence-corrected chi connectivity index (χ1v) is 13.4. The molecule has 9 heteroatoms. The van der Waals surface area contributed by atoms with E-state index in [0.29, 0.717) is 25.9 Å². The fraction of sp³-hybridized carbons (Fsp3) is 0.679. The molecule has 1 aliphatic heterocycles. The number of hydrogen-bond acceptors (Lipinski definition) is 5. The molecule has 0 radical (unpaired) electrons. The summed E-state index contributed by atoms with van der Waals surface area (Å²) in [6.07, 6.45) is 2.68. The smallest absolute Gasteiger partial charge is 0.317 e. The van der Waals surface area contributed by atoms with Gasteiger partial charge in [0.05, 0.1) is 12.1 Å². The van der Waals surface area contributed by atoms with E-state index in [9.17, 15) is 19.5 Å². The van der Waals surface area contributed by atoms with E-state index < -0.39 is 17.6 Å². The molecule has 0 spiro atoms. The number of amides is 4. The van der Waals surface area contributed by atoms with Gasteiger partial charge in [-0.15, -0.1) is 0 Å². The lowest BCUT2D eigenvalue weighted by Crippen LogP contribution is -2.52. The summed E-state index contributed by atoms with van der Waals surface area (Å²) in [5.41, 5.74) is 7.76. The number of nitrogens with zero attached hydrogens (tertiary/aromatic N) is 2. The highest BCUT2D eigenvalue weighted by atomic mass is 16.3. The molecule has 1 heterocycles. The number of urea groups is 1. The molecule has 208 valence electrons. The minimum absolute atomic E-state index is 0.0494. The summed E-state index contributed by atoms with van der Waals surface area (Å²) in [5.74, 6) is -0.470. The van der Waals surface area contributed by atoms with Crippen molar-refractivity contribution in [3.63, 3.8) is 0 Å². The number of carbonyl (C=O) groups excluding carboxylic acids is 3. The summed E-state index contributed by atoms with van der Waals surface area (Å²) in [6, 6.07) is 6.83. The number of nitrogens with two attached hydrogens (primary N) is 1. The Morgan fingerprint density at radius 3 is 2.57 bits per heavy atom. The molecule has 4 amide bonds. The number of hydrogen-bond donors (Lipinski definition) is 4. The number of aliphatic hydroxyl groups excluding tert-OH is 1. The van der Waals surface area contributed by atoms with E-state index in [1.165, 1.54) is 4.90 Å². The van der Waals surface area contributed by atoms with Crippen LogP contribution in [0.25, 0.3) is 0 Å². The van der Waals surface area contributed by atoms with Crippen LogP contribution in [0.3, 0.4) is 0 Å². The van der Waals surface area contributed by atoms with Gasteiger partial charge in [0.1, 0.15) is 0 Å². The Labute approximate surface area is 222 Å². The summed E-state index contributed by atoms with van der Waals surface area (Å²) in [7, 11) is 3.38. The van der Waals surface area contributed by atoms with Crippen LogP contribution in [0.2, 0.25) is 0 Å². The summed E-state index contributed by atoms with van der Waals surface area (Å²) in [6.45, 7) is 8.83. The lowest BCUT2D eigenvalue weighted by Gasteiger charge is -2.38. The minimum atomic E-state index is -0.845. The minimum Gasteiger partial charge on any atom is -0.391 e. The van der Waals surface area contributed by atoms with E-state index in [-0.39, 0.29) is 42.6 Å². The maximum Gasteiger partial charge on any atom is 0.317 e. The third kappa shape index (κ3) is 9.31. The van der Waals surface area contributed by atoms with Crippen molar-refractivity contribution in [2.24, 2.45) is 17.1 Å². The van der Waals surface area contributed by atoms with Crippen molar-refractivity contribution in [1.82, 2.24) is 15.5 Å². The number of nitrogens with one attached hydrogen (secondary N) is 2. The third-order valence-electron chi connectivity index (χ3n) is 6.97. The first-order valence-electron chi connectivity index (χ1n) is 13.4. The highest BCUT2D eigenvalue weighted by Gasteiger charge is 2.34. The van der Waals surface area contributed by atoms with Crippen LogP contribution >= 0.6 is 0 Å². The van der Waals surface area contributed by atoms with Crippen LogP contribution in [0.1, 0.15) is 65.4 Å². The highest BCUT2D eigenvalue weighted by Crippen LogP contribution is 2.33. The molecule has 0 bridgehead atoms. The van der Waals surface area contributed by atoms with Gasteiger partial charge in [-0.25, -0.2) is 4.79 Å². The van der Waals surface area contributed by atoms with E-state index >= 15 is 0 Å². The molecule has 1 aliphatic rings. The molecule has 9 nitrogen and oxygen atoms in total. The van der Waals surface area contributed by atoms with Crippen molar-refractivity contribution in [3.8, 4) is 0 Å². The lowest BCUT2D eigenvalue weighted by molar-refractivity contribution is -0.125. The number of anilines is 1. The molecule has 1 aromatic rings. The Kier molecular flexibility index (Phi) is 11.4. The SMILES string of the molecule is CCCCNC(=O)[C@H](C)C[C@H](O)[C@@H](N)CC(C)(C)CC(=O)N1CC(NC(=O)N(C)C)Cc2ccccc21. The molecule has 37 heavy (non-hydrogen) atoms. The highest BCUT2D eigenvalue weighted by molar-refractivity contribution is 5.95. The second kappa shape index (κ2) is 13.8. The van der Waals surface area contributed by atoms with Gasteiger partial charge in [0.2, 0.25) is 11.8 Å².